The SMILES string of the molecule is OCC1CCc2ncnc(C3CCNCC3)c21. The molecule has 4 nitrogen and oxygen atoms in total. The van der Waals surface area contributed by atoms with Gasteiger partial charge in [-0.05, 0) is 38.8 Å². The van der Waals surface area contributed by atoms with Crippen LogP contribution in [0.15, 0.2) is 6.33 Å². The van der Waals surface area contributed by atoms with Gasteiger partial charge in [0.05, 0.1) is 12.3 Å². The van der Waals surface area contributed by atoms with Crippen molar-refractivity contribution in [1.82, 2.24) is 15.3 Å². The summed E-state index contributed by atoms with van der Waals surface area (Å²) in [4.78, 5) is 8.90. The van der Waals surface area contributed by atoms with Gasteiger partial charge in [-0.1, -0.05) is 0 Å². The van der Waals surface area contributed by atoms with E-state index in [9.17, 15) is 5.11 Å². The van der Waals surface area contributed by atoms with E-state index in [-0.39, 0.29) is 12.5 Å². The minimum atomic E-state index is 0.234. The highest BCUT2D eigenvalue weighted by Gasteiger charge is 2.30. The Morgan fingerprint density at radius 3 is 2.82 bits per heavy atom. The van der Waals surface area contributed by atoms with E-state index in [0.717, 1.165) is 38.8 Å². The fraction of sp³-hybridized carbons (Fsp3) is 0.692. The first kappa shape index (κ1) is 11.1. The van der Waals surface area contributed by atoms with E-state index in [2.05, 4.69) is 15.3 Å². The van der Waals surface area contributed by atoms with E-state index in [1.165, 1.54) is 17.0 Å². The van der Waals surface area contributed by atoms with Crippen LogP contribution >= 0.6 is 0 Å². The quantitative estimate of drug-likeness (QED) is 0.799. The summed E-state index contributed by atoms with van der Waals surface area (Å²) in [6.07, 6.45) is 6.04. The number of hydrogen-bond donors (Lipinski definition) is 2. The van der Waals surface area contributed by atoms with Crippen molar-refractivity contribution in [3.63, 3.8) is 0 Å². The molecule has 1 aromatic rings. The summed E-state index contributed by atoms with van der Waals surface area (Å²) in [6.45, 7) is 2.39. The van der Waals surface area contributed by atoms with Crippen molar-refractivity contribution in [3.05, 3.63) is 23.3 Å². The molecule has 0 spiro atoms. The van der Waals surface area contributed by atoms with Gasteiger partial charge in [0.1, 0.15) is 6.33 Å². The van der Waals surface area contributed by atoms with Gasteiger partial charge in [0, 0.05) is 23.1 Å². The van der Waals surface area contributed by atoms with Gasteiger partial charge in [-0.3, -0.25) is 0 Å². The van der Waals surface area contributed by atoms with Gasteiger partial charge in [0.25, 0.3) is 0 Å². The van der Waals surface area contributed by atoms with E-state index in [1.807, 2.05) is 0 Å². The molecule has 2 aliphatic rings. The molecule has 0 amide bonds. The summed E-state index contributed by atoms with van der Waals surface area (Å²) < 4.78 is 0. The second-order valence-electron chi connectivity index (χ2n) is 5.06. The zero-order chi connectivity index (χ0) is 11.7. The first-order valence-corrected chi connectivity index (χ1v) is 6.55. The summed E-state index contributed by atoms with van der Waals surface area (Å²) in [6, 6.07) is 0. The predicted molar refractivity (Wildman–Crippen MR) is 65.0 cm³/mol. The van der Waals surface area contributed by atoms with Crippen LogP contribution < -0.4 is 5.32 Å². The first-order chi connectivity index (χ1) is 8.40. The summed E-state index contributed by atoms with van der Waals surface area (Å²) >= 11 is 0. The normalized spacial score (nSPS) is 24.9. The molecule has 17 heavy (non-hydrogen) atoms. The number of piperidine rings is 1. The molecule has 1 aliphatic heterocycles. The average Bonchev–Trinajstić information content (AvgIpc) is 2.82. The number of aromatic nitrogens is 2. The van der Waals surface area contributed by atoms with Gasteiger partial charge in [0.2, 0.25) is 0 Å². The molecule has 1 atom stereocenters. The molecular formula is C13H19N3O. The lowest BCUT2D eigenvalue weighted by Gasteiger charge is -2.25. The van der Waals surface area contributed by atoms with Gasteiger partial charge in [0.15, 0.2) is 0 Å². The van der Waals surface area contributed by atoms with Crippen LogP contribution in [0, 0.1) is 0 Å². The molecule has 0 aromatic carbocycles. The monoisotopic (exact) mass is 233 g/mol. The van der Waals surface area contributed by atoms with Crippen molar-refractivity contribution < 1.29 is 5.11 Å². The highest BCUT2D eigenvalue weighted by molar-refractivity contribution is 5.35. The van der Waals surface area contributed by atoms with Crippen molar-refractivity contribution in [2.24, 2.45) is 0 Å². The molecule has 3 rings (SSSR count). The molecule has 2 N–H and O–H groups in total. The van der Waals surface area contributed by atoms with Crippen LogP contribution in [0.2, 0.25) is 0 Å². The number of nitrogens with zero attached hydrogens (tertiary/aromatic N) is 2. The molecule has 2 heterocycles. The van der Waals surface area contributed by atoms with E-state index in [0.29, 0.717) is 5.92 Å². The minimum absolute atomic E-state index is 0.234. The fourth-order valence-electron chi connectivity index (χ4n) is 3.15. The van der Waals surface area contributed by atoms with Crippen LogP contribution in [0.4, 0.5) is 0 Å². The molecule has 0 radical (unpaired) electrons. The lowest BCUT2D eigenvalue weighted by molar-refractivity contribution is 0.263. The van der Waals surface area contributed by atoms with E-state index in [1.54, 1.807) is 6.33 Å². The van der Waals surface area contributed by atoms with E-state index in [4.69, 9.17) is 0 Å². The van der Waals surface area contributed by atoms with Crippen LogP contribution in [0.1, 0.15) is 48.0 Å². The maximum atomic E-state index is 9.47. The molecule has 1 unspecified atom stereocenters. The highest BCUT2D eigenvalue weighted by Crippen LogP contribution is 2.38. The third-order valence-corrected chi connectivity index (χ3v) is 4.08. The van der Waals surface area contributed by atoms with Crippen LogP contribution in [0.5, 0.6) is 0 Å². The van der Waals surface area contributed by atoms with E-state index < -0.39 is 0 Å². The van der Waals surface area contributed by atoms with Gasteiger partial charge in [-0.2, -0.15) is 0 Å². The van der Waals surface area contributed by atoms with Crippen molar-refractivity contribution in [2.45, 2.75) is 37.5 Å². The van der Waals surface area contributed by atoms with Crippen LogP contribution in [0.25, 0.3) is 0 Å². The third kappa shape index (κ3) is 1.96. The van der Waals surface area contributed by atoms with Crippen molar-refractivity contribution in [2.75, 3.05) is 19.7 Å². The Labute approximate surface area is 101 Å². The molecule has 0 bridgehead atoms. The lowest BCUT2D eigenvalue weighted by Crippen LogP contribution is -2.28. The third-order valence-electron chi connectivity index (χ3n) is 4.08. The number of aliphatic hydroxyl groups excluding tert-OH is 1. The van der Waals surface area contributed by atoms with Crippen LogP contribution in [-0.4, -0.2) is 34.8 Å². The minimum Gasteiger partial charge on any atom is -0.396 e. The Kier molecular flexibility index (Phi) is 3.07. The largest absolute Gasteiger partial charge is 0.396 e. The summed E-state index contributed by atoms with van der Waals surface area (Å²) in [7, 11) is 0. The summed E-state index contributed by atoms with van der Waals surface area (Å²) in [5.41, 5.74) is 3.66. The number of rotatable bonds is 2. The first-order valence-electron chi connectivity index (χ1n) is 6.55. The lowest BCUT2D eigenvalue weighted by atomic mass is 9.88. The second-order valence-corrected chi connectivity index (χ2v) is 5.06. The molecule has 1 fully saturated rings. The average molecular weight is 233 g/mol. The topological polar surface area (TPSA) is 58.0 Å². The summed E-state index contributed by atoms with van der Waals surface area (Å²) in [5, 5.41) is 12.9. The molecule has 1 aliphatic carbocycles. The predicted octanol–water partition coefficient (Wildman–Crippen LogP) is 0.966. The Morgan fingerprint density at radius 2 is 2.06 bits per heavy atom. The van der Waals surface area contributed by atoms with Gasteiger partial charge >= 0.3 is 0 Å². The number of nitrogens with one attached hydrogen (secondary N) is 1. The smallest absolute Gasteiger partial charge is 0.115 e. The molecule has 92 valence electrons. The molecular weight excluding hydrogens is 214 g/mol. The van der Waals surface area contributed by atoms with Crippen LogP contribution in [-0.2, 0) is 6.42 Å². The summed E-state index contributed by atoms with van der Waals surface area (Å²) in [5.74, 6) is 0.830. The second kappa shape index (κ2) is 4.70. The van der Waals surface area contributed by atoms with Gasteiger partial charge in [-0.15, -0.1) is 0 Å². The maximum Gasteiger partial charge on any atom is 0.115 e. The number of fused-ring (bicyclic) bond motifs is 1. The number of aryl methyl sites for hydroxylation is 1. The van der Waals surface area contributed by atoms with Crippen LogP contribution in [0.3, 0.4) is 0 Å². The Morgan fingerprint density at radius 1 is 1.24 bits per heavy atom. The molecule has 4 heteroatoms. The highest BCUT2D eigenvalue weighted by atomic mass is 16.3. The van der Waals surface area contributed by atoms with Gasteiger partial charge < -0.3 is 10.4 Å². The van der Waals surface area contributed by atoms with Crippen molar-refractivity contribution >= 4 is 0 Å². The van der Waals surface area contributed by atoms with Gasteiger partial charge in [-0.25, -0.2) is 9.97 Å². The standard InChI is InChI=1S/C13H19N3O/c17-7-10-1-2-11-12(10)13(16-8-15-11)9-3-5-14-6-4-9/h8-10,14,17H,1-7H2. The fourth-order valence-corrected chi connectivity index (χ4v) is 3.15. The molecule has 0 saturated carbocycles. The van der Waals surface area contributed by atoms with Crippen molar-refractivity contribution in [3.8, 4) is 0 Å². The van der Waals surface area contributed by atoms with Crippen molar-refractivity contribution in [1.29, 1.82) is 0 Å². The Bertz CT molecular complexity index is 402. The van der Waals surface area contributed by atoms with E-state index >= 15 is 0 Å². The zero-order valence-electron chi connectivity index (χ0n) is 10.0. The zero-order valence-corrected chi connectivity index (χ0v) is 10.0. The molecule has 1 saturated heterocycles. The number of aliphatic hydroxyl groups is 1. The molecule has 1 aromatic heterocycles. The maximum absolute atomic E-state index is 9.47. The number of hydrogen-bond acceptors (Lipinski definition) is 4. The Balaban J connectivity index is 1.96. The Hall–Kier alpha value is -1.00.